The molecule has 21 heavy (non-hydrogen) atoms. The Bertz CT molecular complexity index is 558. The molecule has 2 rings (SSSR count). The summed E-state index contributed by atoms with van der Waals surface area (Å²) in [6.45, 7) is 3.16. The first-order chi connectivity index (χ1) is 10.2. The largest absolute Gasteiger partial charge is 0.497 e. The molecule has 1 aromatic heterocycles. The Morgan fingerprint density at radius 3 is 2.95 bits per heavy atom. The molecule has 0 fully saturated rings. The number of thioether (sulfide) groups is 1. The van der Waals surface area contributed by atoms with E-state index in [-0.39, 0.29) is 6.04 Å². The molecular weight excluding hydrogens is 284 g/mol. The van der Waals surface area contributed by atoms with Crippen molar-refractivity contribution in [2.75, 3.05) is 19.4 Å². The highest BCUT2D eigenvalue weighted by molar-refractivity contribution is 7.99. The van der Waals surface area contributed by atoms with Crippen molar-refractivity contribution in [3.05, 3.63) is 36.2 Å². The van der Waals surface area contributed by atoms with E-state index in [0.29, 0.717) is 0 Å². The van der Waals surface area contributed by atoms with Crippen LogP contribution in [0.2, 0.25) is 0 Å². The molecule has 0 aliphatic rings. The number of aromatic nitrogens is 3. The summed E-state index contributed by atoms with van der Waals surface area (Å²) in [5.41, 5.74) is 1.23. The SMILES string of the molecule is CCCNC(CSc1ncnn1C)c1cccc(OC)c1. The van der Waals surface area contributed by atoms with Crippen molar-refractivity contribution in [3.8, 4) is 5.75 Å². The Labute approximate surface area is 130 Å². The standard InChI is InChI=1S/C15H22N4OS/c1-4-8-16-14(10-21-15-17-11-18-19(15)2)12-6-5-7-13(9-12)20-3/h5-7,9,11,14,16H,4,8,10H2,1-3H3. The second kappa shape index (κ2) is 8.05. The topological polar surface area (TPSA) is 52.0 Å². The number of ether oxygens (including phenoxy) is 1. The highest BCUT2D eigenvalue weighted by Crippen LogP contribution is 2.25. The van der Waals surface area contributed by atoms with Crippen molar-refractivity contribution >= 4 is 11.8 Å². The fourth-order valence-electron chi connectivity index (χ4n) is 2.02. The van der Waals surface area contributed by atoms with E-state index in [9.17, 15) is 0 Å². The van der Waals surface area contributed by atoms with Crippen LogP contribution < -0.4 is 10.1 Å². The molecule has 0 radical (unpaired) electrons. The third kappa shape index (κ3) is 4.47. The lowest BCUT2D eigenvalue weighted by molar-refractivity contribution is 0.413. The highest BCUT2D eigenvalue weighted by atomic mass is 32.2. The molecule has 114 valence electrons. The van der Waals surface area contributed by atoms with Crippen molar-refractivity contribution in [1.82, 2.24) is 20.1 Å². The summed E-state index contributed by atoms with van der Waals surface area (Å²) >= 11 is 1.71. The summed E-state index contributed by atoms with van der Waals surface area (Å²) in [5, 5.41) is 8.62. The molecule has 0 bridgehead atoms. The lowest BCUT2D eigenvalue weighted by Crippen LogP contribution is -2.24. The molecule has 0 amide bonds. The summed E-state index contributed by atoms with van der Waals surface area (Å²) in [6.07, 6.45) is 2.69. The van der Waals surface area contributed by atoms with Crippen LogP contribution in [0, 0.1) is 0 Å². The number of hydrogen-bond acceptors (Lipinski definition) is 5. The fraction of sp³-hybridized carbons (Fsp3) is 0.467. The first kappa shape index (κ1) is 15.9. The van der Waals surface area contributed by atoms with Gasteiger partial charge in [-0.2, -0.15) is 5.10 Å². The van der Waals surface area contributed by atoms with Crippen molar-refractivity contribution in [2.24, 2.45) is 7.05 Å². The van der Waals surface area contributed by atoms with Crippen LogP contribution >= 0.6 is 11.8 Å². The van der Waals surface area contributed by atoms with Crippen LogP contribution in [0.5, 0.6) is 5.75 Å². The molecule has 0 aliphatic carbocycles. The van der Waals surface area contributed by atoms with Crippen molar-refractivity contribution in [3.63, 3.8) is 0 Å². The minimum Gasteiger partial charge on any atom is -0.497 e. The van der Waals surface area contributed by atoms with Crippen molar-refractivity contribution in [2.45, 2.75) is 24.5 Å². The highest BCUT2D eigenvalue weighted by Gasteiger charge is 2.13. The number of aryl methyl sites for hydroxylation is 1. The van der Waals surface area contributed by atoms with Crippen LogP contribution in [0.4, 0.5) is 0 Å². The van der Waals surface area contributed by atoms with E-state index >= 15 is 0 Å². The molecule has 0 aliphatic heterocycles. The first-order valence-electron chi connectivity index (χ1n) is 7.08. The normalized spacial score (nSPS) is 12.3. The molecule has 0 saturated carbocycles. The van der Waals surface area contributed by atoms with E-state index in [0.717, 1.165) is 29.6 Å². The number of hydrogen-bond donors (Lipinski definition) is 1. The van der Waals surface area contributed by atoms with Gasteiger partial charge in [-0.1, -0.05) is 30.8 Å². The van der Waals surface area contributed by atoms with Crippen molar-refractivity contribution in [1.29, 1.82) is 0 Å². The van der Waals surface area contributed by atoms with Gasteiger partial charge in [0.15, 0.2) is 5.16 Å². The summed E-state index contributed by atoms with van der Waals surface area (Å²) < 4.78 is 7.12. The smallest absolute Gasteiger partial charge is 0.185 e. The summed E-state index contributed by atoms with van der Waals surface area (Å²) in [4.78, 5) is 4.26. The third-order valence-corrected chi connectivity index (χ3v) is 4.31. The van der Waals surface area contributed by atoms with Gasteiger partial charge in [0.2, 0.25) is 0 Å². The van der Waals surface area contributed by atoms with Gasteiger partial charge in [0.05, 0.1) is 7.11 Å². The summed E-state index contributed by atoms with van der Waals surface area (Å²) in [6, 6.07) is 8.48. The minimum atomic E-state index is 0.266. The van der Waals surface area contributed by atoms with Crippen LogP contribution in [0.1, 0.15) is 24.9 Å². The van der Waals surface area contributed by atoms with E-state index in [1.54, 1.807) is 29.9 Å². The maximum Gasteiger partial charge on any atom is 0.185 e. The zero-order chi connectivity index (χ0) is 15.1. The van der Waals surface area contributed by atoms with Gasteiger partial charge >= 0.3 is 0 Å². The molecule has 6 heteroatoms. The van der Waals surface area contributed by atoms with Gasteiger partial charge < -0.3 is 10.1 Å². The van der Waals surface area contributed by atoms with E-state index < -0.39 is 0 Å². The molecule has 0 spiro atoms. The number of rotatable bonds is 8. The van der Waals surface area contributed by atoms with Crippen LogP contribution in [0.25, 0.3) is 0 Å². The Kier molecular flexibility index (Phi) is 6.07. The number of methoxy groups -OCH3 is 1. The second-order valence-corrected chi connectivity index (χ2v) is 5.75. The monoisotopic (exact) mass is 306 g/mol. The number of nitrogens with zero attached hydrogens (tertiary/aromatic N) is 3. The molecular formula is C15H22N4OS. The number of nitrogens with one attached hydrogen (secondary N) is 1. The molecule has 0 saturated heterocycles. The van der Waals surface area contributed by atoms with Crippen LogP contribution in [0.15, 0.2) is 35.7 Å². The van der Waals surface area contributed by atoms with Crippen LogP contribution in [-0.2, 0) is 7.05 Å². The zero-order valence-corrected chi connectivity index (χ0v) is 13.6. The molecule has 1 aromatic carbocycles. The maximum atomic E-state index is 5.32. The van der Waals surface area contributed by atoms with Gasteiger partial charge in [0, 0.05) is 18.8 Å². The lowest BCUT2D eigenvalue weighted by atomic mass is 10.1. The molecule has 1 unspecified atom stereocenters. The predicted molar refractivity (Wildman–Crippen MR) is 85.8 cm³/mol. The minimum absolute atomic E-state index is 0.266. The average molecular weight is 306 g/mol. The van der Waals surface area contributed by atoms with Gasteiger partial charge in [0.25, 0.3) is 0 Å². The predicted octanol–water partition coefficient (Wildman–Crippen LogP) is 2.66. The maximum absolute atomic E-state index is 5.32. The summed E-state index contributed by atoms with van der Waals surface area (Å²) in [7, 11) is 3.61. The first-order valence-corrected chi connectivity index (χ1v) is 8.07. The van der Waals surface area contributed by atoms with Gasteiger partial charge in [0.1, 0.15) is 12.1 Å². The Balaban J connectivity index is 2.07. The number of benzene rings is 1. The van der Waals surface area contributed by atoms with Gasteiger partial charge in [-0.25, -0.2) is 9.67 Å². The van der Waals surface area contributed by atoms with Crippen LogP contribution in [0.3, 0.4) is 0 Å². The van der Waals surface area contributed by atoms with E-state index in [1.807, 2.05) is 19.2 Å². The Hall–Kier alpha value is -1.53. The van der Waals surface area contributed by atoms with Gasteiger partial charge in [-0.15, -0.1) is 0 Å². The molecule has 1 heterocycles. The lowest BCUT2D eigenvalue weighted by Gasteiger charge is -2.19. The fourth-order valence-corrected chi connectivity index (χ4v) is 3.01. The zero-order valence-electron chi connectivity index (χ0n) is 12.7. The van der Waals surface area contributed by atoms with E-state index in [2.05, 4.69) is 34.5 Å². The van der Waals surface area contributed by atoms with Crippen molar-refractivity contribution < 1.29 is 4.74 Å². The molecule has 2 aromatic rings. The second-order valence-electron chi connectivity index (χ2n) is 4.76. The Morgan fingerprint density at radius 1 is 1.43 bits per heavy atom. The molecule has 1 atom stereocenters. The quantitative estimate of drug-likeness (QED) is 0.760. The Morgan fingerprint density at radius 2 is 2.29 bits per heavy atom. The average Bonchev–Trinajstić information content (AvgIpc) is 2.93. The molecule has 5 nitrogen and oxygen atoms in total. The van der Waals surface area contributed by atoms with Crippen LogP contribution in [-0.4, -0.2) is 34.2 Å². The van der Waals surface area contributed by atoms with Gasteiger partial charge in [-0.3, -0.25) is 0 Å². The summed E-state index contributed by atoms with van der Waals surface area (Å²) in [5.74, 6) is 1.79. The van der Waals surface area contributed by atoms with E-state index in [1.165, 1.54) is 5.56 Å². The van der Waals surface area contributed by atoms with Gasteiger partial charge in [-0.05, 0) is 30.7 Å². The third-order valence-electron chi connectivity index (χ3n) is 3.19. The van der Waals surface area contributed by atoms with E-state index in [4.69, 9.17) is 4.74 Å². The molecule has 1 N–H and O–H groups in total.